The molecule has 196 valence electrons. The summed E-state index contributed by atoms with van der Waals surface area (Å²) < 4.78 is 31.9. The molecule has 3 saturated carbocycles. The summed E-state index contributed by atoms with van der Waals surface area (Å²) in [6.45, 7) is 2.86. The van der Waals surface area contributed by atoms with Crippen molar-refractivity contribution in [1.82, 2.24) is 0 Å². The van der Waals surface area contributed by atoms with E-state index >= 15 is 0 Å². The van der Waals surface area contributed by atoms with Crippen LogP contribution >= 0.6 is 0 Å². The molecule has 1 aromatic rings. The topological polar surface area (TPSA) is 138 Å². The van der Waals surface area contributed by atoms with E-state index in [9.17, 15) is 33.3 Å². The van der Waals surface area contributed by atoms with Gasteiger partial charge >= 0.3 is 39.7 Å². The molecule has 4 aliphatic carbocycles. The van der Waals surface area contributed by atoms with Crippen molar-refractivity contribution in [1.29, 1.82) is 0 Å². The molecule has 37 heavy (non-hydrogen) atoms. The van der Waals surface area contributed by atoms with Crippen LogP contribution in [0.4, 0.5) is 0 Å². The van der Waals surface area contributed by atoms with Crippen molar-refractivity contribution in [3.8, 4) is 0 Å². The Morgan fingerprint density at radius 3 is 2.46 bits per heavy atom. The molecule has 0 aliphatic heterocycles. The van der Waals surface area contributed by atoms with Gasteiger partial charge in [-0.1, -0.05) is 30.7 Å². The minimum absolute atomic E-state index is 0. The van der Waals surface area contributed by atoms with Gasteiger partial charge in [-0.2, -0.15) is 8.42 Å². The predicted molar refractivity (Wildman–Crippen MR) is 136 cm³/mol. The Kier molecular flexibility index (Phi) is 7.51. The van der Waals surface area contributed by atoms with Gasteiger partial charge in [0, 0.05) is 17.4 Å². The SMILES string of the molecule is C[C@@]12C(=CC(=O)C=C1OS(=O)(=O)c1ccccc1)CC[C@@H]1[C@@H]2[C@@H](O)C[C@@]2(C)[C@H]1CC[C@]2(O)C(=O)CO.[NaH]. The van der Waals surface area contributed by atoms with Crippen molar-refractivity contribution in [2.75, 3.05) is 6.61 Å². The third kappa shape index (κ3) is 4.13. The maximum absolute atomic E-state index is 13.1. The van der Waals surface area contributed by atoms with Crippen molar-refractivity contribution >= 4 is 51.2 Å². The molecule has 0 spiro atoms. The van der Waals surface area contributed by atoms with E-state index in [1.165, 1.54) is 24.3 Å². The summed E-state index contributed by atoms with van der Waals surface area (Å²) in [5.41, 5.74) is -3.00. The first kappa shape index (κ1) is 28.7. The molecule has 5 rings (SSSR count). The monoisotopic (exact) mass is 540 g/mol. The maximum atomic E-state index is 13.1. The molecule has 10 heteroatoms. The number of Topliss-reactive ketones (excluding diaryl/α,β-unsaturated/α-hetero) is 1. The van der Waals surface area contributed by atoms with Crippen LogP contribution in [0.2, 0.25) is 0 Å². The third-order valence-corrected chi connectivity index (χ3v) is 10.9. The zero-order chi connectivity index (χ0) is 26.1. The van der Waals surface area contributed by atoms with Crippen molar-refractivity contribution in [3.63, 3.8) is 0 Å². The molecule has 0 aromatic heterocycles. The molecule has 3 N–H and O–H groups in total. The number of allylic oxidation sites excluding steroid dienone is 3. The van der Waals surface area contributed by atoms with Gasteiger partial charge in [-0.3, -0.25) is 9.59 Å². The Morgan fingerprint density at radius 2 is 1.81 bits per heavy atom. The Bertz CT molecular complexity index is 1270. The van der Waals surface area contributed by atoms with E-state index in [-0.39, 0.29) is 70.7 Å². The predicted octanol–water partition coefficient (Wildman–Crippen LogP) is 1.64. The molecule has 8 nitrogen and oxygen atoms in total. The average molecular weight is 541 g/mol. The van der Waals surface area contributed by atoms with Gasteiger partial charge in [0.1, 0.15) is 22.9 Å². The van der Waals surface area contributed by atoms with Crippen LogP contribution in [0.25, 0.3) is 0 Å². The Labute approximate surface area is 239 Å². The summed E-state index contributed by atoms with van der Waals surface area (Å²) >= 11 is 0. The summed E-state index contributed by atoms with van der Waals surface area (Å²) in [5, 5.41) is 32.5. The molecule has 0 unspecified atom stereocenters. The molecule has 3 fully saturated rings. The van der Waals surface area contributed by atoms with E-state index in [0.29, 0.717) is 19.3 Å². The summed E-state index contributed by atoms with van der Waals surface area (Å²) in [6.07, 6.45) is 3.69. The van der Waals surface area contributed by atoms with Crippen LogP contribution in [0.3, 0.4) is 0 Å². The number of aliphatic hydroxyl groups excluding tert-OH is 2. The van der Waals surface area contributed by atoms with Gasteiger partial charge in [-0.15, -0.1) is 0 Å². The van der Waals surface area contributed by atoms with Crippen molar-refractivity contribution < 1.29 is 37.5 Å². The van der Waals surface area contributed by atoms with E-state index in [2.05, 4.69) is 0 Å². The Morgan fingerprint density at radius 1 is 1.14 bits per heavy atom. The number of benzene rings is 1. The number of hydrogen-bond donors (Lipinski definition) is 3. The van der Waals surface area contributed by atoms with Crippen LogP contribution in [0.1, 0.15) is 46.0 Å². The molecule has 7 atom stereocenters. The second-order valence-electron chi connectivity index (χ2n) is 11.1. The van der Waals surface area contributed by atoms with Gasteiger partial charge in [0.2, 0.25) is 0 Å². The van der Waals surface area contributed by atoms with Gasteiger partial charge in [-0.25, -0.2) is 0 Å². The van der Waals surface area contributed by atoms with Gasteiger partial charge in [0.15, 0.2) is 11.6 Å². The van der Waals surface area contributed by atoms with Gasteiger partial charge in [0.05, 0.1) is 11.5 Å². The first-order valence-corrected chi connectivity index (χ1v) is 13.8. The summed E-state index contributed by atoms with van der Waals surface area (Å²) in [6, 6.07) is 7.70. The minimum atomic E-state index is -4.23. The molecular weight excluding hydrogens is 507 g/mol. The molecule has 1 aromatic carbocycles. The Balaban J connectivity index is 0.00000320. The van der Waals surface area contributed by atoms with E-state index < -0.39 is 51.0 Å². The zero-order valence-corrected chi connectivity index (χ0v) is 21.2. The van der Waals surface area contributed by atoms with Crippen LogP contribution in [0.5, 0.6) is 0 Å². The fourth-order valence-electron chi connectivity index (χ4n) is 7.86. The van der Waals surface area contributed by atoms with Gasteiger partial charge in [0.25, 0.3) is 0 Å². The number of carbonyl (C=O) groups excluding carboxylic acids is 2. The van der Waals surface area contributed by atoms with E-state index in [0.717, 1.165) is 5.57 Å². The van der Waals surface area contributed by atoms with E-state index in [1.807, 2.05) is 13.8 Å². The van der Waals surface area contributed by atoms with Gasteiger partial charge in [-0.05, 0) is 69.1 Å². The molecule has 4 aliphatic rings. The summed E-state index contributed by atoms with van der Waals surface area (Å²) in [7, 11) is -4.23. The summed E-state index contributed by atoms with van der Waals surface area (Å²) in [4.78, 5) is 25.1. The number of aliphatic hydroxyl groups is 3. The number of rotatable bonds is 5. The molecule has 0 bridgehead atoms. The second kappa shape index (κ2) is 9.70. The summed E-state index contributed by atoms with van der Waals surface area (Å²) in [5.74, 6) is -1.77. The van der Waals surface area contributed by atoms with Gasteiger partial charge < -0.3 is 19.5 Å². The van der Waals surface area contributed by atoms with Crippen LogP contribution in [0.15, 0.2) is 58.7 Å². The fourth-order valence-corrected chi connectivity index (χ4v) is 8.90. The number of carbonyl (C=O) groups is 2. The fraction of sp³-hybridized carbons (Fsp3) is 0.556. The quantitative estimate of drug-likeness (QED) is 0.379. The van der Waals surface area contributed by atoms with Crippen LogP contribution in [-0.2, 0) is 23.9 Å². The van der Waals surface area contributed by atoms with Crippen LogP contribution in [-0.4, -0.2) is 83.2 Å². The number of ketones is 2. The zero-order valence-electron chi connectivity index (χ0n) is 20.4. The molecule has 0 amide bonds. The van der Waals surface area contributed by atoms with E-state index in [1.54, 1.807) is 18.2 Å². The molecule has 0 heterocycles. The first-order valence-electron chi connectivity index (χ1n) is 12.4. The first-order chi connectivity index (χ1) is 16.9. The normalized spacial score (nSPS) is 38.8. The molecule has 0 saturated heterocycles. The number of fused-ring (bicyclic) bond motifs is 5. The van der Waals surface area contributed by atoms with Crippen molar-refractivity contribution in [2.24, 2.45) is 28.6 Å². The molecule has 0 radical (unpaired) electrons. The van der Waals surface area contributed by atoms with Crippen LogP contribution < -0.4 is 0 Å². The Hall–Kier alpha value is -1.33. The third-order valence-electron chi connectivity index (χ3n) is 9.62. The van der Waals surface area contributed by atoms with E-state index in [4.69, 9.17) is 4.18 Å². The standard InChI is InChI=1S/C27H32O8S.Na.H/c1-25-14-21(30)24-19(20(25)10-11-27(25,32)22(31)15-28)9-8-16-12-17(29)13-23(26(16,24)2)35-36(33,34)18-6-4-3-5-7-18;;/h3-7,12-13,19-21,24,28,30,32H,8-11,14-15H2,1-2H3;;/t19-,20-,21-,24+,25-,26+,27-;;/m0../s1. The average Bonchev–Trinajstić information content (AvgIpc) is 3.10. The van der Waals surface area contributed by atoms with Crippen molar-refractivity contribution in [2.45, 2.75) is 62.6 Å². The van der Waals surface area contributed by atoms with Crippen LogP contribution in [0, 0.1) is 28.6 Å². The second-order valence-corrected chi connectivity index (χ2v) is 12.7. The molecular formula is C27H33NaO8S. The number of hydrogen-bond acceptors (Lipinski definition) is 8. The van der Waals surface area contributed by atoms with Crippen molar-refractivity contribution in [3.05, 3.63) is 53.8 Å².